The summed E-state index contributed by atoms with van der Waals surface area (Å²) < 4.78 is 5.80. The molecule has 2 aliphatic rings. The third kappa shape index (κ3) is 2.14. The maximum atomic E-state index is 10.6. The van der Waals surface area contributed by atoms with Gasteiger partial charge in [-0.2, -0.15) is 0 Å². The van der Waals surface area contributed by atoms with Crippen molar-refractivity contribution in [3.8, 4) is 5.75 Å². The zero-order valence-corrected chi connectivity index (χ0v) is 11.1. The maximum Gasteiger partial charge on any atom is 0.128 e. The summed E-state index contributed by atoms with van der Waals surface area (Å²) >= 11 is 0. The number of fused-ring (bicyclic) bond motifs is 1. The molecule has 1 heterocycles. The van der Waals surface area contributed by atoms with Gasteiger partial charge in [0.1, 0.15) is 5.75 Å². The Morgan fingerprint density at radius 3 is 3.00 bits per heavy atom. The lowest BCUT2D eigenvalue weighted by Gasteiger charge is -2.25. The zero-order valence-electron chi connectivity index (χ0n) is 11.1. The normalized spacial score (nSPS) is 28.6. The summed E-state index contributed by atoms with van der Waals surface area (Å²) in [6, 6.07) is 6.23. The Hall–Kier alpha value is -1.02. The van der Waals surface area contributed by atoms with Gasteiger partial charge in [-0.05, 0) is 43.1 Å². The van der Waals surface area contributed by atoms with Crippen molar-refractivity contribution >= 4 is 0 Å². The van der Waals surface area contributed by atoms with Gasteiger partial charge < -0.3 is 9.84 Å². The predicted molar refractivity (Wildman–Crippen MR) is 71.7 cm³/mol. The number of hydrogen-bond donors (Lipinski definition) is 1. The number of aliphatic hydroxyl groups excluding tert-OH is 1. The number of rotatable bonds is 2. The van der Waals surface area contributed by atoms with E-state index in [1.165, 1.54) is 12.0 Å². The second kappa shape index (κ2) is 4.93. The van der Waals surface area contributed by atoms with Gasteiger partial charge in [-0.1, -0.05) is 31.5 Å². The molecule has 1 aromatic rings. The number of aliphatic hydroxyl groups is 1. The van der Waals surface area contributed by atoms with Crippen LogP contribution in [0.2, 0.25) is 0 Å². The summed E-state index contributed by atoms with van der Waals surface area (Å²) in [6.45, 7) is 3.07. The van der Waals surface area contributed by atoms with E-state index in [9.17, 15) is 5.11 Å². The predicted octanol–water partition coefficient (Wildman–Crippen LogP) is 3.48. The van der Waals surface area contributed by atoms with Crippen LogP contribution in [0.5, 0.6) is 5.75 Å². The fraction of sp³-hybridized carbons (Fsp3) is 0.625. The van der Waals surface area contributed by atoms with Gasteiger partial charge in [-0.15, -0.1) is 0 Å². The topological polar surface area (TPSA) is 29.5 Å². The Kier molecular flexibility index (Phi) is 3.29. The Balaban J connectivity index is 1.87. The van der Waals surface area contributed by atoms with Crippen molar-refractivity contribution in [2.75, 3.05) is 6.61 Å². The third-order valence-electron chi connectivity index (χ3n) is 4.46. The van der Waals surface area contributed by atoms with E-state index in [2.05, 4.69) is 19.1 Å². The molecule has 1 aliphatic heterocycles. The molecule has 2 nitrogen and oxygen atoms in total. The minimum Gasteiger partial charge on any atom is -0.493 e. The van der Waals surface area contributed by atoms with Crippen LogP contribution in [0.4, 0.5) is 0 Å². The first-order valence-corrected chi connectivity index (χ1v) is 7.18. The number of benzene rings is 1. The smallest absolute Gasteiger partial charge is 0.128 e. The van der Waals surface area contributed by atoms with Crippen molar-refractivity contribution in [2.24, 2.45) is 11.8 Å². The van der Waals surface area contributed by atoms with Crippen LogP contribution in [0.1, 0.15) is 49.8 Å². The largest absolute Gasteiger partial charge is 0.493 e. The molecule has 3 atom stereocenters. The molecule has 1 aromatic carbocycles. The highest BCUT2D eigenvalue weighted by Gasteiger charge is 2.31. The fourth-order valence-electron chi connectivity index (χ4n) is 3.44. The van der Waals surface area contributed by atoms with Crippen LogP contribution in [-0.4, -0.2) is 11.7 Å². The van der Waals surface area contributed by atoms with Crippen molar-refractivity contribution in [2.45, 2.75) is 45.1 Å². The lowest BCUT2D eigenvalue weighted by Crippen LogP contribution is -2.15. The van der Waals surface area contributed by atoms with Crippen LogP contribution < -0.4 is 4.74 Å². The summed E-state index contributed by atoms with van der Waals surface area (Å²) in [5.74, 6) is 2.14. The van der Waals surface area contributed by atoms with Crippen molar-refractivity contribution in [3.05, 3.63) is 29.3 Å². The van der Waals surface area contributed by atoms with E-state index in [1.807, 2.05) is 6.07 Å². The molecule has 0 saturated heterocycles. The first-order valence-electron chi connectivity index (χ1n) is 7.18. The molecule has 0 radical (unpaired) electrons. The quantitative estimate of drug-likeness (QED) is 0.865. The lowest BCUT2D eigenvalue weighted by molar-refractivity contribution is 0.104. The van der Waals surface area contributed by atoms with Gasteiger partial charge in [0.25, 0.3) is 0 Å². The molecule has 98 valence electrons. The highest BCUT2D eigenvalue weighted by Crippen LogP contribution is 2.42. The van der Waals surface area contributed by atoms with Crippen molar-refractivity contribution in [1.29, 1.82) is 0 Å². The summed E-state index contributed by atoms with van der Waals surface area (Å²) in [7, 11) is 0. The van der Waals surface area contributed by atoms with Gasteiger partial charge in [0, 0.05) is 5.56 Å². The van der Waals surface area contributed by atoms with Crippen LogP contribution in [0.15, 0.2) is 18.2 Å². The first kappa shape index (κ1) is 12.0. The van der Waals surface area contributed by atoms with E-state index >= 15 is 0 Å². The first-order chi connectivity index (χ1) is 8.75. The maximum absolute atomic E-state index is 10.6. The zero-order chi connectivity index (χ0) is 12.5. The minimum atomic E-state index is -0.344. The van der Waals surface area contributed by atoms with Crippen LogP contribution in [-0.2, 0) is 6.42 Å². The summed E-state index contributed by atoms with van der Waals surface area (Å²) in [6.07, 6.45) is 5.36. The van der Waals surface area contributed by atoms with E-state index < -0.39 is 0 Å². The van der Waals surface area contributed by atoms with Gasteiger partial charge in [-0.25, -0.2) is 0 Å². The minimum absolute atomic E-state index is 0.344. The van der Waals surface area contributed by atoms with Crippen LogP contribution in [0.25, 0.3) is 0 Å². The Labute approximate surface area is 109 Å². The van der Waals surface area contributed by atoms with Crippen molar-refractivity contribution in [3.63, 3.8) is 0 Å². The Bertz CT molecular complexity index is 427. The van der Waals surface area contributed by atoms with E-state index in [4.69, 9.17) is 4.74 Å². The number of para-hydroxylation sites is 1. The van der Waals surface area contributed by atoms with Gasteiger partial charge in [-0.3, -0.25) is 0 Å². The number of aryl methyl sites for hydroxylation is 1. The average Bonchev–Trinajstić information content (AvgIpc) is 2.84. The van der Waals surface area contributed by atoms with Gasteiger partial charge in [0.15, 0.2) is 0 Å². The molecule has 1 aliphatic carbocycles. The van der Waals surface area contributed by atoms with E-state index in [1.54, 1.807) is 0 Å². The van der Waals surface area contributed by atoms with Crippen LogP contribution >= 0.6 is 0 Å². The molecule has 18 heavy (non-hydrogen) atoms. The monoisotopic (exact) mass is 246 g/mol. The SMILES string of the molecule is CC1CCC(C(O)c2cccc3c2OCCC3)C1. The molecule has 1 N–H and O–H groups in total. The van der Waals surface area contributed by atoms with Crippen LogP contribution in [0.3, 0.4) is 0 Å². The molecule has 0 spiro atoms. The molecular weight excluding hydrogens is 224 g/mol. The Morgan fingerprint density at radius 2 is 2.22 bits per heavy atom. The molecule has 0 aromatic heterocycles. The van der Waals surface area contributed by atoms with E-state index in [0.29, 0.717) is 5.92 Å². The van der Waals surface area contributed by atoms with E-state index in [0.717, 1.165) is 49.5 Å². The summed E-state index contributed by atoms with van der Waals surface area (Å²) in [4.78, 5) is 0. The number of hydrogen-bond acceptors (Lipinski definition) is 2. The average molecular weight is 246 g/mol. The third-order valence-corrected chi connectivity index (χ3v) is 4.46. The van der Waals surface area contributed by atoms with Gasteiger partial charge >= 0.3 is 0 Å². The molecule has 3 rings (SSSR count). The van der Waals surface area contributed by atoms with Gasteiger partial charge in [0.2, 0.25) is 0 Å². The van der Waals surface area contributed by atoms with Gasteiger partial charge in [0.05, 0.1) is 12.7 Å². The number of ether oxygens (including phenoxy) is 1. The lowest BCUT2D eigenvalue weighted by atomic mass is 9.90. The fourth-order valence-corrected chi connectivity index (χ4v) is 3.44. The van der Waals surface area contributed by atoms with Crippen molar-refractivity contribution in [1.82, 2.24) is 0 Å². The summed E-state index contributed by atoms with van der Waals surface area (Å²) in [5.41, 5.74) is 2.29. The summed E-state index contributed by atoms with van der Waals surface area (Å²) in [5, 5.41) is 10.6. The molecule has 1 fully saturated rings. The molecule has 0 amide bonds. The Morgan fingerprint density at radius 1 is 1.33 bits per heavy atom. The van der Waals surface area contributed by atoms with Crippen LogP contribution in [0, 0.1) is 11.8 Å². The molecule has 1 saturated carbocycles. The highest BCUT2D eigenvalue weighted by atomic mass is 16.5. The van der Waals surface area contributed by atoms with E-state index in [-0.39, 0.29) is 6.10 Å². The second-order valence-corrected chi connectivity index (χ2v) is 5.91. The molecular formula is C16H22O2. The molecule has 3 unspecified atom stereocenters. The standard InChI is InChI=1S/C16H22O2/c1-11-7-8-13(10-11)15(17)14-6-2-4-12-5-3-9-18-16(12)14/h2,4,6,11,13,15,17H,3,5,7-10H2,1H3. The van der Waals surface area contributed by atoms with Crippen molar-refractivity contribution < 1.29 is 9.84 Å². The highest BCUT2D eigenvalue weighted by molar-refractivity contribution is 5.44. The second-order valence-electron chi connectivity index (χ2n) is 5.91. The molecule has 2 heteroatoms. The molecule has 0 bridgehead atoms.